The molecule has 0 fully saturated rings. The third-order valence-electron chi connectivity index (χ3n) is 2.98. The summed E-state index contributed by atoms with van der Waals surface area (Å²) in [5, 5.41) is 0. The normalized spacial score (nSPS) is 12.0. The van der Waals surface area contributed by atoms with Gasteiger partial charge >= 0.3 is 0 Å². The van der Waals surface area contributed by atoms with E-state index < -0.39 is 10.0 Å². The monoisotopic (exact) mass is 304 g/mol. The number of nitrogens with one attached hydrogen (secondary N) is 1. The zero-order valence-corrected chi connectivity index (χ0v) is 13.2. The minimum Gasteiger partial charge on any atom is -0.465 e. The highest BCUT2D eigenvalue weighted by atomic mass is 32.2. The van der Waals surface area contributed by atoms with Gasteiger partial charge in [-0.05, 0) is 20.3 Å². The first-order valence-corrected chi connectivity index (χ1v) is 8.28. The summed E-state index contributed by atoms with van der Waals surface area (Å²) in [6.07, 6.45) is 2.03. The molecule has 0 bridgehead atoms. The maximum Gasteiger partial charge on any atom is 0.244 e. The van der Waals surface area contributed by atoms with Gasteiger partial charge in [0.25, 0.3) is 0 Å². The molecule has 0 radical (unpaired) electrons. The van der Waals surface area contributed by atoms with Gasteiger partial charge in [-0.1, -0.05) is 13.3 Å². The fourth-order valence-electron chi connectivity index (χ4n) is 1.97. The van der Waals surface area contributed by atoms with Crippen molar-refractivity contribution in [2.75, 3.05) is 19.8 Å². The van der Waals surface area contributed by atoms with Crippen molar-refractivity contribution in [3.8, 4) is 0 Å². The molecular weight excluding hydrogens is 280 g/mol. The smallest absolute Gasteiger partial charge is 0.244 e. The van der Waals surface area contributed by atoms with E-state index in [9.17, 15) is 8.42 Å². The summed E-state index contributed by atoms with van der Waals surface area (Å²) >= 11 is 0. The van der Waals surface area contributed by atoms with Crippen molar-refractivity contribution in [3.63, 3.8) is 0 Å². The molecule has 0 aliphatic carbocycles. The van der Waals surface area contributed by atoms with Crippen LogP contribution in [0.3, 0.4) is 0 Å². The molecule has 0 unspecified atom stereocenters. The van der Waals surface area contributed by atoms with Gasteiger partial charge in [-0.15, -0.1) is 0 Å². The number of aryl methyl sites for hydroxylation is 2. The van der Waals surface area contributed by atoms with E-state index in [0.29, 0.717) is 30.3 Å². The Bertz CT molecular complexity index is 523. The van der Waals surface area contributed by atoms with Crippen LogP contribution >= 0.6 is 0 Å². The van der Waals surface area contributed by atoms with E-state index in [1.54, 1.807) is 13.8 Å². The molecule has 6 nitrogen and oxygen atoms in total. The Morgan fingerprint density at radius 1 is 1.25 bits per heavy atom. The summed E-state index contributed by atoms with van der Waals surface area (Å²) in [5.74, 6) is 0.909. The summed E-state index contributed by atoms with van der Waals surface area (Å²) < 4.78 is 37.7. The lowest BCUT2D eigenvalue weighted by Gasteiger charge is -2.08. The quantitative estimate of drug-likeness (QED) is 0.673. The Morgan fingerprint density at radius 2 is 1.95 bits per heavy atom. The number of hydrogen-bond donors (Lipinski definition) is 2. The minimum absolute atomic E-state index is 0.131. The van der Waals surface area contributed by atoms with Crippen molar-refractivity contribution in [3.05, 3.63) is 17.1 Å². The summed E-state index contributed by atoms with van der Waals surface area (Å²) in [4.78, 5) is 0.158. The maximum absolute atomic E-state index is 12.3. The number of hydrogen-bond acceptors (Lipinski definition) is 5. The van der Waals surface area contributed by atoms with Crippen molar-refractivity contribution in [2.24, 2.45) is 5.73 Å². The molecule has 0 amide bonds. The zero-order valence-electron chi connectivity index (χ0n) is 12.4. The largest absolute Gasteiger partial charge is 0.465 e. The van der Waals surface area contributed by atoms with Crippen LogP contribution in [0, 0.1) is 13.8 Å². The van der Waals surface area contributed by atoms with Crippen molar-refractivity contribution in [1.82, 2.24) is 4.72 Å². The molecule has 1 rings (SSSR count). The lowest BCUT2D eigenvalue weighted by molar-refractivity contribution is 0.136. The Labute approximate surface area is 120 Å². The Kier molecular flexibility index (Phi) is 6.67. The standard InChI is InChI=1S/C13H24N2O4S/c1-4-5-7-18-8-6-15-20(16,17)13-11(3)19-10(2)12(13)9-14/h15H,4-9,14H2,1-3H3. The number of unbranched alkanes of at least 4 members (excludes halogenated alkanes) is 1. The van der Waals surface area contributed by atoms with Crippen molar-refractivity contribution < 1.29 is 17.6 Å². The lowest BCUT2D eigenvalue weighted by Crippen LogP contribution is -2.28. The topological polar surface area (TPSA) is 94.6 Å². The molecule has 0 aliphatic rings. The van der Waals surface area contributed by atoms with Crippen LogP contribution in [0.2, 0.25) is 0 Å². The Balaban J connectivity index is 2.65. The van der Waals surface area contributed by atoms with Crippen molar-refractivity contribution >= 4 is 10.0 Å². The fraction of sp³-hybridized carbons (Fsp3) is 0.692. The third kappa shape index (κ3) is 4.31. The van der Waals surface area contributed by atoms with Crippen LogP contribution in [-0.4, -0.2) is 28.2 Å². The van der Waals surface area contributed by atoms with Gasteiger partial charge in [-0.2, -0.15) is 0 Å². The SMILES string of the molecule is CCCCOCCNS(=O)(=O)c1c(C)oc(C)c1CN. The van der Waals surface area contributed by atoms with Gasteiger partial charge in [-0.3, -0.25) is 0 Å². The first kappa shape index (κ1) is 17.2. The Hall–Kier alpha value is -0.890. The molecule has 0 saturated carbocycles. The van der Waals surface area contributed by atoms with Crippen LogP contribution in [0.5, 0.6) is 0 Å². The molecule has 0 aromatic carbocycles. The second-order valence-corrected chi connectivity index (χ2v) is 6.29. The van der Waals surface area contributed by atoms with Gasteiger partial charge in [0.05, 0.1) is 6.61 Å². The van der Waals surface area contributed by atoms with Gasteiger partial charge in [0, 0.05) is 25.3 Å². The van der Waals surface area contributed by atoms with E-state index in [1.165, 1.54) is 0 Å². The molecule has 0 spiro atoms. The molecular formula is C13H24N2O4S. The molecule has 7 heteroatoms. The van der Waals surface area contributed by atoms with Crippen LogP contribution in [0.25, 0.3) is 0 Å². The molecule has 1 aromatic rings. The first-order valence-electron chi connectivity index (χ1n) is 6.80. The number of nitrogens with two attached hydrogens (primary N) is 1. The molecule has 1 aromatic heterocycles. The van der Waals surface area contributed by atoms with E-state index in [2.05, 4.69) is 11.6 Å². The maximum atomic E-state index is 12.3. The second kappa shape index (κ2) is 7.78. The van der Waals surface area contributed by atoms with E-state index in [0.717, 1.165) is 12.8 Å². The van der Waals surface area contributed by atoms with Gasteiger partial charge in [0.2, 0.25) is 10.0 Å². The van der Waals surface area contributed by atoms with Gasteiger partial charge in [0.1, 0.15) is 16.4 Å². The molecule has 0 aliphatic heterocycles. The highest BCUT2D eigenvalue weighted by molar-refractivity contribution is 7.89. The molecule has 116 valence electrons. The number of sulfonamides is 1. The average Bonchev–Trinajstić information content (AvgIpc) is 2.68. The van der Waals surface area contributed by atoms with Gasteiger partial charge < -0.3 is 14.9 Å². The Morgan fingerprint density at radius 3 is 2.55 bits per heavy atom. The van der Waals surface area contributed by atoms with Crippen LogP contribution in [0.4, 0.5) is 0 Å². The summed E-state index contributed by atoms with van der Waals surface area (Å²) in [6.45, 7) is 6.78. The van der Waals surface area contributed by atoms with Crippen LogP contribution < -0.4 is 10.5 Å². The molecule has 3 N–H and O–H groups in total. The fourth-order valence-corrected chi connectivity index (χ4v) is 3.43. The van der Waals surface area contributed by atoms with Crippen LogP contribution in [-0.2, 0) is 21.3 Å². The zero-order chi connectivity index (χ0) is 15.2. The van der Waals surface area contributed by atoms with E-state index in [-0.39, 0.29) is 18.0 Å². The van der Waals surface area contributed by atoms with Crippen LogP contribution in [0.1, 0.15) is 36.8 Å². The minimum atomic E-state index is -3.61. The number of rotatable bonds is 9. The van der Waals surface area contributed by atoms with Gasteiger partial charge in [0.15, 0.2) is 0 Å². The predicted molar refractivity (Wildman–Crippen MR) is 77.0 cm³/mol. The summed E-state index contributed by atoms with van der Waals surface area (Å²) in [5.41, 5.74) is 6.12. The number of furan rings is 1. The third-order valence-corrected chi connectivity index (χ3v) is 4.63. The van der Waals surface area contributed by atoms with E-state index in [4.69, 9.17) is 14.9 Å². The molecule has 0 saturated heterocycles. The molecule has 1 heterocycles. The second-order valence-electron chi connectivity index (χ2n) is 4.59. The summed E-state index contributed by atoms with van der Waals surface area (Å²) in [6, 6.07) is 0. The highest BCUT2D eigenvalue weighted by Gasteiger charge is 2.25. The molecule has 0 atom stereocenters. The van der Waals surface area contributed by atoms with Crippen LogP contribution in [0.15, 0.2) is 9.31 Å². The average molecular weight is 304 g/mol. The first-order chi connectivity index (χ1) is 9.44. The number of ether oxygens (including phenoxy) is 1. The van der Waals surface area contributed by atoms with Crippen molar-refractivity contribution in [1.29, 1.82) is 0 Å². The van der Waals surface area contributed by atoms with Gasteiger partial charge in [-0.25, -0.2) is 13.1 Å². The van der Waals surface area contributed by atoms with E-state index in [1.807, 2.05) is 0 Å². The highest BCUT2D eigenvalue weighted by Crippen LogP contribution is 2.25. The molecule has 20 heavy (non-hydrogen) atoms. The summed E-state index contributed by atoms with van der Waals surface area (Å²) in [7, 11) is -3.61. The van der Waals surface area contributed by atoms with Crippen molar-refractivity contribution in [2.45, 2.75) is 45.1 Å². The van der Waals surface area contributed by atoms with E-state index >= 15 is 0 Å². The predicted octanol–water partition coefficient (Wildman–Crippen LogP) is 1.45. The lowest BCUT2D eigenvalue weighted by atomic mass is 10.2.